The maximum absolute atomic E-state index is 13.7. The number of hydrogen-bond donors (Lipinski definition) is 2. The average molecular weight is 522 g/mol. The molecule has 3 amide bonds. The molecule has 2 aromatic carbocycles. The third-order valence-corrected chi connectivity index (χ3v) is 7.14. The molecule has 1 aliphatic rings. The lowest BCUT2D eigenvalue weighted by Crippen LogP contribution is -2.46. The van der Waals surface area contributed by atoms with Crippen LogP contribution in [0.4, 0.5) is 15.8 Å². The van der Waals surface area contributed by atoms with Crippen molar-refractivity contribution in [2.24, 2.45) is 0 Å². The lowest BCUT2D eigenvalue weighted by molar-refractivity contribution is -0.123. The smallest absolute Gasteiger partial charge is 0.240 e. The Morgan fingerprint density at radius 1 is 1.03 bits per heavy atom. The van der Waals surface area contributed by atoms with Gasteiger partial charge in [-0.05, 0) is 50.1 Å². The summed E-state index contributed by atoms with van der Waals surface area (Å²) < 4.78 is 26.3. The Morgan fingerprint density at radius 2 is 1.71 bits per heavy atom. The summed E-state index contributed by atoms with van der Waals surface area (Å²) in [6, 6.07) is 10.8. The number of benzene rings is 2. The van der Waals surface area contributed by atoms with Gasteiger partial charge in [0.15, 0.2) is 0 Å². The molecule has 10 heteroatoms. The Balaban J connectivity index is 1.64. The second-order valence-electron chi connectivity index (χ2n) is 8.62. The first-order valence-corrected chi connectivity index (χ1v) is 13.3. The van der Waals surface area contributed by atoms with Crippen molar-refractivity contribution in [3.63, 3.8) is 0 Å². The van der Waals surface area contributed by atoms with Gasteiger partial charge in [0.05, 0.1) is 5.02 Å². The van der Waals surface area contributed by atoms with Crippen LogP contribution in [0.2, 0.25) is 5.02 Å². The number of nitrogens with zero attached hydrogens (tertiary/aromatic N) is 1. The first-order valence-electron chi connectivity index (χ1n) is 11.5. The minimum Gasteiger partial charge on any atom is -0.352 e. The number of carbonyl (C=O) groups excluding carboxylic acids is 3. The van der Waals surface area contributed by atoms with Crippen LogP contribution in [0.1, 0.15) is 37.7 Å². The molecule has 0 spiro atoms. The fourth-order valence-electron chi connectivity index (χ4n) is 3.89. The molecular formula is C25H29ClFN3O4S. The van der Waals surface area contributed by atoms with Crippen LogP contribution in [-0.4, -0.2) is 46.0 Å². The Morgan fingerprint density at radius 3 is 2.37 bits per heavy atom. The summed E-state index contributed by atoms with van der Waals surface area (Å²) in [6.07, 6.45) is 4.95. The number of carbonyl (C=O) groups is 3. The highest BCUT2D eigenvalue weighted by atomic mass is 35.5. The number of hydrogen-bond acceptors (Lipinski definition) is 4. The van der Waals surface area contributed by atoms with Crippen LogP contribution >= 0.6 is 11.6 Å². The van der Waals surface area contributed by atoms with E-state index < -0.39 is 34.2 Å². The number of halogens is 2. The molecule has 35 heavy (non-hydrogen) atoms. The van der Waals surface area contributed by atoms with Gasteiger partial charge in [-0.2, -0.15) is 0 Å². The van der Waals surface area contributed by atoms with E-state index >= 15 is 0 Å². The number of anilines is 2. The third kappa shape index (κ3) is 8.43. The van der Waals surface area contributed by atoms with Gasteiger partial charge in [-0.3, -0.25) is 18.6 Å². The Labute approximate surface area is 211 Å². The molecule has 7 nitrogen and oxygen atoms in total. The van der Waals surface area contributed by atoms with Crippen LogP contribution in [-0.2, 0) is 25.2 Å². The molecular weight excluding hydrogens is 493 g/mol. The predicted molar refractivity (Wildman–Crippen MR) is 136 cm³/mol. The minimum atomic E-state index is -1.83. The molecule has 1 atom stereocenters. The molecule has 0 aliphatic heterocycles. The number of nitrogens with one attached hydrogen (secondary N) is 2. The first kappa shape index (κ1) is 26.8. The minimum absolute atomic E-state index is 0.0459. The molecule has 2 aromatic rings. The molecule has 188 valence electrons. The zero-order valence-corrected chi connectivity index (χ0v) is 21.1. The molecule has 1 saturated carbocycles. The Bertz CT molecular complexity index is 1090. The van der Waals surface area contributed by atoms with Crippen LogP contribution in [0.5, 0.6) is 0 Å². The molecule has 0 unspecified atom stereocenters. The van der Waals surface area contributed by atoms with Gasteiger partial charge in [0.2, 0.25) is 17.7 Å². The molecule has 1 aliphatic carbocycles. The largest absolute Gasteiger partial charge is 0.352 e. The van der Waals surface area contributed by atoms with Gasteiger partial charge in [0, 0.05) is 28.2 Å². The second-order valence-corrected chi connectivity index (χ2v) is 10.5. The maximum atomic E-state index is 13.7. The molecule has 0 heterocycles. The zero-order chi connectivity index (χ0) is 25.4. The monoisotopic (exact) mass is 521 g/mol. The summed E-state index contributed by atoms with van der Waals surface area (Å²) in [7, 11) is -1.83. The summed E-state index contributed by atoms with van der Waals surface area (Å²) in [5.74, 6) is -3.02. The van der Waals surface area contributed by atoms with Crippen LogP contribution in [0.25, 0.3) is 0 Å². The molecule has 0 bridgehead atoms. The van der Waals surface area contributed by atoms with Crippen LogP contribution in [0.15, 0.2) is 42.5 Å². The van der Waals surface area contributed by atoms with E-state index in [1.807, 2.05) is 19.1 Å². The van der Waals surface area contributed by atoms with Gasteiger partial charge in [0.25, 0.3) is 0 Å². The van der Waals surface area contributed by atoms with E-state index in [4.69, 9.17) is 11.6 Å². The highest BCUT2D eigenvalue weighted by Crippen LogP contribution is 2.23. The van der Waals surface area contributed by atoms with Crippen LogP contribution < -0.4 is 15.5 Å². The topological polar surface area (TPSA) is 95.6 Å². The van der Waals surface area contributed by atoms with Crippen molar-refractivity contribution in [3.05, 3.63) is 58.9 Å². The van der Waals surface area contributed by atoms with Gasteiger partial charge in [-0.25, -0.2) is 4.39 Å². The van der Waals surface area contributed by atoms with Gasteiger partial charge in [-0.15, -0.1) is 0 Å². The van der Waals surface area contributed by atoms with E-state index in [0.29, 0.717) is 5.69 Å². The van der Waals surface area contributed by atoms with Crippen molar-refractivity contribution in [1.29, 1.82) is 0 Å². The van der Waals surface area contributed by atoms with Crippen LogP contribution in [0, 0.1) is 12.7 Å². The fourth-order valence-corrected chi connectivity index (χ4v) is 4.96. The highest BCUT2D eigenvalue weighted by molar-refractivity contribution is 7.86. The molecule has 0 saturated heterocycles. The van der Waals surface area contributed by atoms with Crippen molar-refractivity contribution in [3.8, 4) is 0 Å². The lowest BCUT2D eigenvalue weighted by Gasteiger charge is -2.26. The van der Waals surface area contributed by atoms with E-state index in [1.54, 1.807) is 12.1 Å². The van der Waals surface area contributed by atoms with Crippen molar-refractivity contribution in [2.45, 2.75) is 45.1 Å². The van der Waals surface area contributed by atoms with E-state index in [2.05, 4.69) is 10.6 Å². The van der Waals surface area contributed by atoms with E-state index in [9.17, 15) is 23.0 Å². The van der Waals surface area contributed by atoms with Crippen molar-refractivity contribution >= 4 is 51.5 Å². The zero-order valence-electron chi connectivity index (χ0n) is 19.5. The fraction of sp³-hybridized carbons (Fsp3) is 0.400. The summed E-state index contributed by atoms with van der Waals surface area (Å²) in [6.45, 7) is 1.59. The van der Waals surface area contributed by atoms with Gasteiger partial charge in [-0.1, -0.05) is 48.6 Å². The first-order chi connectivity index (χ1) is 16.7. The van der Waals surface area contributed by atoms with Crippen molar-refractivity contribution in [2.75, 3.05) is 28.3 Å². The molecule has 3 rings (SSSR count). The van der Waals surface area contributed by atoms with Gasteiger partial charge in [0.1, 0.15) is 23.9 Å². The summed E-state index contributed by atoms with van der Waals surface area (Å²) >= 11 is 5.89. The van der Waals surface area contributed by atoms with E-state index in [1.165, 1.54) is 12.1 Å². The lowest BCUT2D eigenvalue weighted by atomic mass is 9.95. The normalized spacial score (nSPS) is 14.7. The van der Waals surface area contributed by atoms with Crippen molar-refractivity contribution < 1.29 is 23.0 Å². The highest BCUT2D eigenvalue weighted by Gasteiger charge is 2.24. The number of aryl methyl sites for hydroxylation is 1. The SMILES string of the molecule is Cc1ccc(NC(=O)C[S@@](=O)CC(=O)N(CC(=O)NC2CCCCC2)c2ccc(F)c(Cl)c2)cc1. The maximum Gasteiger partial charge on any atom is 0.240 e. The summed E-state index contributed by atoms with van der Waals surface area (Å²) in [5.41, 5.74) is 1.80. The number of amides is 3. The standard InChI is InChI=1S/C25H29ClFN3O4S/c1-17-7-9-19(10-8-17)29-24(32)15-35(34)16-25(33)30(20-11-12-22(27)21(26)13-20)14-23(31)28-18-5-3-2-4-6-18/h7-13,18H,2-6,14-16H2,1H3,(H,28,31)(H,29,32)/t35-/m1/s1. The van der Waals surface area contributed by atoms with Crippen LogP contribution in [0.3, 0.4) is 0 Å². The van der Waals surface area contributed by atoms with E-state index in [0.717, 1.165) is 48.6 Å². The predicted octanol–water partition coefficient (Wildman–Crippen LogP) is 3.96. The summed E-state index contributed by atoms with van der Waals surface area (Å²) in [4.78, 5) is 39.1. The Kier molecular flexibility index (Phi) is 9.80. The quantitative estimate of drug-likeness (QED) is 0.522. The third-order valence-electron chi connectivity index (χ3n) is 5.70. The molecule has 2 N–H and O–H groups in total. The van der Waals surface area contributed by atoms with Gasteiger partial charge >= 0.3 is 0 Å². The average Bonchev–Trinajstić information content (AvgIpc) is 2.81. The molecule has 1 fully saturated rings. The second kappa shape index (κ2) is 12.8. The Hall–Kier alpha value is -2.78. The molecule has 0 radical (unpaired) electrons. The van der Waals surface area contributed by atoms with Crippen molar-refractivity contribution in [1.82, 2.24) is 5.32 Å². The summed E-state index contributed by atoms with van der Waals surface area (Å²) in [5, 5.41) is 5.38. The number of rotatable bonds is 9. The van der Waals surface area contributed by atoms with E-state index in [-0.39, 0.29) is 35.0 Å². The van der Waals surface area contributed by atoms with Gasteiger partial charge < -0.3 is 15.5 Å². The molecule has 0 aromatic heterocycles.